The van der Waals surface area contributed by atoms with Crippen LogP contribution in [0.5, 0.6) is 0 Å². The van der Waals surface area contributed by atoms with E-state index in [1.807, 2.05) is 34.7 Å². The highest BCUT2D eigenvalue weighted by Gasteiger charge is 2.16. The number of hydrogen-bond acceptors (Lipinski definition) is 5. The SMILES string of the molecule is CC.CC.Cn1cc(C(=O)c2cncc(N)c2)c2cncnc21. The molecule has 0 aliphatic heterocycles. The number of ketones is 1. The van der Waals surface area contributed by atoms with Gasteiger partial charge in [-0.15, -0.1) is 0 Å². The largest absolute Gasteiger partial charge is 0.397 e. The molecule has 3 rings (SSSR count). The average Bonchev–Trinajstić information content (AvgIpc) is 2.95. The van der Waals surface area contributed by atoms with Gasteiger partial charge < -0.3 is 10.3 Å². The Bertz CT molecular complexity index is 780. The summed E-state index contributed by atoms with van der Waals surface area (Å²) in [5.74, 6) is -0.139. The van der Waals surface area contributed by atoms with E-state index in [9.17, 15) is 4.79 Å². The lowest BCUT2D eigenvalue weighted by Crippen LogP contribution is -2.02. The molecule has 2 N–H and O–H groups in total. The second-order valence-electron chi connectivity index (χ2n) is 4.25. The first-order chi connectivity index (χ1) is 11.2. The van der Waals surface area contributed by atoms with Crippen LogP contribution in [0.15, 0.2) is 37.2 Å². The van der Waals surface area contributed by atoms with Crippen molar-refractivity contribution in [2.75, 3.05) is 5.73 Å². The highest BCUT2D eigenvalue weighted by molar-refractivity contribution is 6.16. The van der Waals surface area contributed by atoms with Gasteiger partial charge in [0.2, 0.25) is 0 Å². The zero-order valence-electron chi connectivity index (χ0n) is 14.2. The first-order valence-electron chi connectivity index (χ1n) is 7.67. The number of carbonyl (C=O) groups is 1. The highest BCUT2D eigenvalue weighted by Crippen LogP contribution is 2.21. The summed E-state index contributed by atoms with van der Waals surface area (Å²) in [6.45, 7) is 8.00. The molecule has 0 fully saturated rings. The number of nitrogens with two attached hydrogens (primary N) is 1. The molecule has 0 spiro atoms. The lowest BCUT2D eigenvalue weighted by atomic mass is 10.1. The quantitative estimate of drug-likeness (QED) is 0.734. The average molecular weight is 313 g/mol. The maximum absolute atomic E-state index is 12.5. The topological polar surface area (TPSA) is 86.7 Å². The Kier molecular flexibility index (Phi) is 6.86. The van der Waals surface area contributed by atoms with E-state index >= 15 is 0 Å². The molecule has 6 nitrogen and oxygen atoms in total. The van der Waals surface area contributed by atoms with Crippen molar-refractivity contribution in [3.63, 3.8) is 0 Å². The van der Waals surface area contributed by atoms with Gasteiger partial charge in [-0.25, -0.2) is 9.97 Å². The van der Waals surface area contributed by atoms with E-state index in [-0.39, 0.29) is 5.78 Å². The van der Waals surface area contributed by atoms with Crippen LogP contribution in [0.1, 0.15) is 43.6 Å². The molecule has 6 heteroatoms. The third-order valence-corrected chi connectivity index (χ3v) is 2.90. The molecule has 3 aromatic heterocycles. The molecule has 0 aromatic carbocycles. The molecule has 0 aliphatic rings. The molecule has 0 saturated carbocycles. The molecule has 0 aliphatic carbocycles. The van der Waals surface area contributed by atoms with Crippen LogP contribution in [0.2, 0.25) is 0 Å². The molecule has 3 heterocycles. The van der Waals surface area contributed by atoms with E-state index in [4.69, 9.17) is 5.73 Å². The number of nitrogens with zero attached hydrogens (tertiary/aromatic N) is 4. The molecule has 3 aromatic rings. The molecule has 0 saturated heterocycles. The first-order valence-corrected chi connectivity index (χ1v) is 7.67. The van der Waals surface area contributed by atoms with Crippen LogP contribution in [0, 0.1) is 0 Å². The number of nitrogen functional groups attached to an aromatic ring is 1. The zero-order valence-corrected chi connectivity index (χ0v) is 14.2. The number of aryl methyl sites for hydroxylation is 1. The summed E-state index contributed by atoms with van der Waals surface area (Å²) in [4.78, 5) is 24.5. The summed E-state index contributed by atoms with van der Waals surface area (Å²) >= 11 is 0. The Balaban J connectivity index is 0.000000615. The summed E-state index contributed by atoms with van der Waals surface area (Å²) in [6.07, 6.45) is 7.84. The predicted molar refractivity (Wildman–Crippen MR) is 93.3 cm³/mol. The molecule has 0 unspecified atom stereocenters. The van der Waals surface area contributed by atoms with Gasteiger partial charge in [0.25, 0.3) is 0 Å². The van der Waals surface area contributed by atoms with Gasteiger partial charge in [-0.3, -0.25) is 9.78 Å². The minimum absolute atomic E-state index is 0.139. The minimum atomic E-state index is -0.139. The van der Waals surface area contributed by atoms with Gasteiger partial charge >= 0.3 is 0 Å². The number of aromatic nitrogens is 4. The number of anilines is 1. The normalized spacial score (nSPS) is 9.43. The monoisotopic (exact) mass is 313 g/mol. The molecule has 23 heavy (non-hydrogen) atoms. The van der Waals surface area contributed by atoms with Gasteiger partial charge in [-0.05, 0) is 6.07 Å². The van der Waals surface area contributed by atoms with Crippen molar-refractivity contribution in [1.82, 2.24) is 19.5 Å². The summed E-state index contributed by atoms with van der Waals surface area (Å²) < 4.78 is 1.80. The van der Waals surface area contributed by atoms with E-state index in [0.29, 0.717) is 16.8 Å². The fraction of sp³-hybridized carbons (Fsp3) is 0.294. The Morgan fingerprint density at radius 2 is 1.78 bits per heavy atom. The second kappa shape index (κ2) is 8.63. The van der Waals surface area contributed by atoms with Gasteiger partial charge in [0.1, 0.15) is 12.0 Å². The van der Waals surface area contributed by atoms with Gasteiger partial charge in [0, 0.05) is 42.8 Å². The summed E-state index contributed by atoms with van der Waals surface area (Å²) in [5.41, 5.74) is 7.83. The van der Waals surface area contributed by atoms with Crippen LogP contribution in [0.4, 0.5) is 5.69 Å². The Morgan fingerprint density at radius 3 is 2.43 bits per heavy atom. The molecular formula is C17H23N5O. The smallest absolute Gasteiger partial charge is 0.196 e. The van der Waals surface area contributed by atoms with E-state index in [0.717, 1.165) is 11.0 Å². The predicted octanol–water partition coefficient (Wildman–Crippen LogP) is 3.23. The lowest BCUT2D eigenvalue weighted by Gasteiger charge is -1.99. The molecule has 0 amide bonds. The number of fused-ring (bicyclic) bond motifs is 1. The van der Waals surface area contributed by atoms with Crippen molar-refractivity contribution in [3.05, 3.63) is 48.3 Å². The van der Waals surface area contributed by atoms with E-state index in [1.165, 1.54) is 18.7 Å². The van der Waals surface area contributed by atoms with Gasteiger partial charge in [-0.1, -0.05) is 27.7 Å². The summed E-state index contributed by atoms with van der Waals surface area (Å²) in [7, 11) is 1.84. The Morgan fingerprint density at radius 1 is 1.09 bits per heavy atom. The maximum Gasteiger partial charge on any atom is 0.196 e. The van der Waals surface area contributed by atoms with Crippen molar-refractivity contribution in [1.29, 1.82) is 0 Å². The second-order valence-corrected chi connectivity index (χ2v) is 4.25. The van der Waals surface area contributed by atoms with Crippen LogP contribution >= 0.6 is 0 Å². The fourth-order valence-electron chi connectivity index (χ4n) is 2.04. The van der Waals surface area contributed by atoms with Crippen LogP contribution in [0.3, 0.4) is 0 Å². The third kappa shape index (κ3) is 3.91. The number of carbonyl (C=O) groups excluding carboxylic acids is 1. The molecule has 0 atom stereocenters. The van der Waals surface area contributed by atoms with E-state index in [2.05, 4.69) is 15.0 Å². The number of rotatable bonds is 2. The number of pyridine rings is 1. The van der Waals surface area contributed by atoms with Crippen LogP contribution in [-0.4, -0.2) is 25.3 Å². The van der Waals surface area contributed by atoms with Gasteiger partial charge in [-0.2, -0.15) is 0 Å². The van der Waals surface area contributed by atoms with E-state index < -0.39 is 0 Å². The van der Waals surface area contributed by atoms with Crippen molar-refractivity contribution in [2.24, 2.45) is 7.05 Å². The van der Waals surface area contributed by atoms with Crippen LogP contribution in [0.25, 0.3) is 11.0 Å². The minimum Gasteiger partial charge on any atom is -0.397 e. The Hall–Kier alpha value is -2.76. The molecule has 0 radical (unpaired) electrons. The standard InChI is InChI=1S/C13H11N5O.2C2H6/c1-18-6-11(10-5-16-7-17-13(10)18)12(19)8-2-9(14)4-15-3-8;2*1-2/h2-7H,14H2,1H3;2*1-2H3. The highest BCUT2D eigenvalue weighted by atomic mass is 16.1. The van der Waals surface area contributed by atoms with Gasteiger partial charge in [0.05, 0.1) is 11.3 Å². The van der Waals surface area contributed by atoms with Crippen LogP contribution < -0.4 is 5.73 Å². The van der Waals surface area contributed by atoms with Crippen molar-refractivity contribution < 1.29 is 4.79 Å². The van der Waals surface area contributed by atoms with Crippen molar-refractivity contribution in [3.8, 4) is 0 Å². The van der Waals surface area contributed by atoms with Crippen molar-refractivity contribution >= 4 is 22.5 Å². The molecule has 122 valence electrons. The first kappa shape index (κ1) is 18.3. The molecule has 0 bridgehead atoms. The van der Waals surface area contributed by atoms with E-state index in [1.54, 1.807) is 23.0 Å². The Labute approximate surface area is 136 Å². The summed E-state index contributed by atoms with van der Waals surface area (Å²) in [6, 6.07) is 1.61. The summed E-state index contributed by atoms with van der Waals surface area (Å²) in [5, 5.41) is 0.720. The number of hydrogen-bond donors (Lipinski definition) is 1. The third-order valence-electron chi connectivity index (χ3n) is 2.90. The lowest BCUT2D eigenvalue weighted by molar-refractivity contribution is 0.104. The van der Waals surface area contributed by atoms with Gasteiger partial charge in [0.15, 0.2) is 5.78 Å². The maximum atomic E-state index is 12.5. The van der Waals surface area contributed by atoms with Crippen molar-refractivity contribution in [2.45, 2.75) is 27.7 Å². The fourth-order valence-corrected chi connectivity index (χ4v) is 2.04. The van der Waals surface area contributed by atoms with Crippen LogP contribution in [-0.2, 0) is 7.05 Å². The zero-order chi connectivity index (χ0) is 17.4. The molecular weight excluding hydrogens is 290 g/mol.